The molecule has 0 bridgehead atoms. The van der Waals surface area contributed by atoms with Crippen molar-refractivity contribution in [1.29, 1.82) is 0 Å². The largest absolute Gasteiger partial charge is 0.379 e. The van der Waals surface area contributed by atoms with Gasteiger partial charge < -0.3 is 20.7 Å². The fraction of sp³-hybridized carbons (Fsp3) is 0.917. The highest BCUT2D eigenvalue weighted by atomic mass is 16.5. The summed E-state index contributed by atoms with van der Waals surface area (Å²) in [4.78, 5) is 11.7. The molecule has 98 valence electrons. The molecule has 3 atom stereocenters. The summed E-state index contributed by atoms with van der Waals surface area (Å²) in [6, 6.07) is 0.703. The maximum Gasteiger partial charge on any atom is 0.315 e. The van der Waals surface area contributed by atoms with E-state index in [1.807, 2.05) is 0 Å². The van der Waals surface area contributed by atoms with Gasteiger partial charge in [0, 0.05) is 18.7 Å². The molecule has 3 N–H and O–H groups in total. The number of urea groups is 1. The van der Waals surface area contributed by atoms with Gasteiger partial charge in [0.2, 0.25) is 0 Å². The molecule has 2 aliphatic rings. The van der Waals surface area contributed by atoms with Gasteiger partial charge in [0.25, 0.3) is 0 Å². The van der Waals surface area contributed by atoms with Crippen LogP contribution in [0.2, 0.25) is 0 Å². The number of rotatable bonds is 3. The average molecular weight is 241 g/mol. The van der Waals surface area contributed by atoms with Gasteiger partial charge in [-0.15, -0.1) is 0 Å². The van der Waals surface area contributed by atoms with Crippen molar-refractivity contribution >= 4 is 6.03 Å². The summed E-state index contributed by atoms with van der Waals surface area (Å²) < 4.78 is 5.22. The molecule has 0 aliphatic carbocycles. The van der Waals surface area contributed by atoms with Crippen molar-refractivity contribution in [2.24, 2.45) is 0 Å². The first kappa shape index (κ1) is 12.6. The van der Waals surface area contributed by atoms with Crippen LogP contribution in [0.5, 0.6) is 0 Å². The molecule has 0 radical (unpaired) electrons. The molecule has 5 nitrogen and oxygen atoms in total. The third-order valence-corrected chi connectivity index (χ3v) is 3.58. The smallest absolute Gasteiger partial charge is 0.315 e. The van der Waals surface area contributed by atoms with Crippen LogP contribution in [0, 0.1) is 0 Å². The minimum absolute atomic E-state index is 0.0691. The molecule has 2 heterocycles. The molecular weight excluding hydrogens is 218 g/mol. The van der Waals surface area contributed by atoms with Gasteiger partial charge in [0.15, 0.2) is 0 Å². The zero-order valence-corrected chi connectivity index (χ0v) is 10.5. The van der Waals surface area contributed by atoms with Crippen molar-refractivity contribution in [3.8, 4) is 0 Å². The molecule has 3 unspecified atom stereocenters. The van der Waals surface area contributed by atoms with Crippen LogP contribution in [-0.2, 0) is 4.74 Å². The second-order valence-corrected chi connectivity index (χ2v) is 5.02. The van der Waals surface area contributed by atoms with E-state index in [1.165, 1.54) is 12.8 Å². The van der Waals surface area contributed by atoms with E-state index in [4.69, 9.17) is 4.74 Å². The van der Waals surface area contributed by atoms with Crippen molar-refractivity contribution < 1.29 is 9.53 Å². The van der Waals surface area contributed by atoms with Crippen LogP contribution in [0.4, 0.5) is 4.79 Å². The Balaban J connectivity index is 1.69. The Labute approximate surface area is 103 Å². The van der Waals surface area contributed by atoms with Gasteiger partial charge >= 0.3 is 6.03 Å². The van der Waals surface area contributed by atoms with Crippen LogP contribution < -0.4 is 16.0 Å². The van der Waals surface area contributed by atoms with Crippen LogP contribution in [0.1, 0.15) is 32.6 Å². The molecule has 2 saturated heterocycles. The van der Waals surface area contributed by atoms with E-state index in [9.17, 15) is 4.79 Å². The van der Waals surface area contributed by atoms with E-state index in [1.54, 1.807) is 0 Å². The third kappa shape index (κ3) is 3.85. The Hall–Kier alpha value is -0.810. The Morgan fingerprint density at radius 2 is 2.29 bits per heavy atom. The second-order valence-electron chi connectivity index (χ2n) is 5.02. The van der Waals surface area contributed by atoms with Gasteiger partial charge in [-0.1, -0.05) is 6.42 Å². The summed E-state index contributed by atoms with van der Waals surface area (Å²) >= 11 is 0. The molecular formula is C12H23N3O2. The summed E-state index contributed by atoms with van der Waals surface area (Å²) in [7, 11) is 0. The second kappa shape index (κ2) is 6.21. The lowest BCUT2D eigenvalue weighted by atomic mass is 9.99. The van der Waals surface area contributed by atoms with E-state index in [-0.39, 0.29) is 18.1 Å². The number of piperidine rings is 1. The summed E-state index contributed by atoms with van der Waals surface area (Å²) in [6.45, 7) is 4.52. The van der Waals surface area contributed by atoms with E-state index in [0.717, 1.165) is 26.0 Å². The van der Waals surface area contributed by atoms with E-state index < -0.39 is 0 Å². The standard InChI is InChI=1S/C12H23N3O2/c1-9(11-4-2-3-6-13-11)14-12(16)15-10-5-7-17-8-10/h9-11,13H,2-8H2,1H3,(H2,14,15,16). The monoisotopic (exact) mass is 241 g/mol. The molecule has 0 spiro atoms. The average Bonchev–Trinajstić information content (AvgIpc) is 2.82. The van der Waals surface area contributed by atoms with Crippen LogP contribution in [0.3, 0.4) is 0 Å². The first-order valence-corrected chi connectivity index (χ1v) is 6.64. The minimum atomic E-state index is -0.0691. The summed E-state index contributed by atoms with van der Waals surface area (Å²) in [5.74, 6) is 0. The Morgan fingerprint density at radius 3 is 2.94 bits per heavy atom. The Morgan fingerprint density at radius 1 is 1.41 bits per heavy atom. The molecule has 2 rings (SSSR count). The van der Waals surface area contributed by atoms with E-state index in [0.29, 0.717) is 12.6 Å². The summed E-state index contributed by atoms with van der Waals surface area (Å²) in [6.07, 6.45) is 4.56. The SMILES string of the molecule is CC(NC(=O)NC1CCOC1)C1CCCCN1. The van der Waals surface area contributed by atoms with Crippen LogP contribution in [-0.4, -0.2) is 43.9 Å². The summed E-state index contributed by atoms with van der Waals surface area (Å²) in [5.41, 5.74) is 0. The quantitative estimate of drug-likeness (QED) is 0.678. The lowest BCUT2D eigenvalue weighted by Crippen LogP contribution is -2.53. The Kier molecular flexibility index (Phi) is 4.62. The number of hydrogen-bond donors (Lipinski definition) is 3. The highest BCUT2D eigenvalue weighted by molar-refractivity contribution is 5.74. The highest BCUT2D eigenvalue weighted by Crippen LogP contribution is 2.10. The van der Waals surface area contributed by atoms with Gasteiger partial charge in [-0.3, -0.25) is 0 Å². The van der Waals surface area contributed by atoms with Crippen LogP contribution in [0.25, 0.3) is 0 Å². The number of hydrogen-bond acceptors (Lipinski definition) is 3. The number of amides is 2. The number of carbonyl (C=O) groups is 1. The predicted molar refractivity (Wildman–Crippen MR) is 66.0 cm³/mol. The predicted octanol–water partition coefficient (Wildman–Crippen LogP) is 0.605. The molecule has 2 fully saturated rings. The molecule has 0 aromatic heterocycles. The Bertz CT molecular complexity index is 248. The number of nitrogens with one attached hydrogen (secondary N) is 3. The summed E-state index contributed by atoms with van der Waals surface area (Å²) in [5, 5.41) is 9.41. The molecule has 17 heavy (non-hydrogen) atoms. The number of ether oxygens (including phenoxy) is 1. The molecule has 2 amide bonds. The van der Waals surface area contributed by atoms with Crippen molar-refractivity contribution in [1.82, 2.24) is 16.0 Å². The lowest BCUT2D eigenvalue weighted by molar-refractivity contribution is 0.187. The fourth-order valence-corrected chi connectivity index (χ4v) is 2.49. The topological polar surface area (TPSA) is 62.4 Å². The van der Waals surface area contributed by atoms with Crippen molar-refractivity contribution in [2.75, 3.05) is 19.8 Å². The van der Waals surface area contributed by atoms with Crippen LogP contribution in [0.15, 0.2) is 0 Å². The van der Waals surface area contributed by atoms with Gasteiger partial charge in [0.1, 0.15) is 0 Å². The fourth-order valence-electron chi connectivity index (χ4n) is 2.49. The van der Waals surface area contributed by atoms with Crippen molar-refractivity contribution in [2.45, 2.75) is 50.7 Å². The molecule has 0 aromatic carbocycles. The molecule has 0 saturated carbocycles. The molecule has 2 aliphatic heterocycles. The van der Waals surface area contributed by atoms with Gasteiger partial charge in [-0.05, 0) is 32.7 Å². The zero-order chi connectivity index (χ0) is 12.1. The van der Waals surface area contributed by atoms with E-state index >= 15 is 0 Å². The van der Waals surface area contributed by atoms with Crippen molar-refractivity contribution in [3.05, 3.63) is 0 Å². The maximum absolute atomic E-state index is 11.7. The molecule has 5 heteroatoms. The van der Waals surface area contributed by atoms with Crippen molar-refractivity contribution in [3.63, 3.8) is 0 Å². The lowest BCUT2D eigenvalue weighted by Gasteiger charge is -2.29. The van der Waals surface area contributed by atoms with Crippen LogP contribution >= 0.6 is 0 Å². The first-order valence-electron chi connectivity index (χ1n) is 6.64. The zero-order valence-electron chi connectivity index (χ0n) is 10.5. The van der Waals surface area contributed by atoms with Gasteiger partial charge in [-0.2, -0.15) is 0 Å². The first-order chi connectivity index (χ1) is 8.25. The van der Waals surface area contributed by atoms with E-state index in [2.05, 4.69) is 22.9 Å². The third-order valence-electron chi connectivity index (χ3n) is 3.58. The molecule has 0 aromatic rings. The maximum atomic E-state index is 11.7. The van der Waals surface area contributed by atoms with Gasteiger partial charge in [0.05, 0.1) is 12.6 Å². The normalized spacial score (nSPS) is 30.9. The van der Waals surface area contributed by atoms with Gasteiger partial charge in [-0.25, -0.2) is 4.79 Å². The highest BCUT2D eigenvalue weighted by Gasteiger charge is 2.23. The minimum Gasteiger partial charge on any atom is -0.379 e. The number of carbonyl (C=O) groups excluding carboxylic acids is 1.